The van der Waals surface area contributed by atoms with Crippen molar-refractivity contribution in [3.05, 3.63) is 21.4 Å². The van der Waals surface area contributed by atoms with E-state index in [0.29, 0.717) is 20.5 Å². The number of carbonyl (C=O) groups is 1. The molecule has 118 valence electrons. The highest BCUT2D eigenvalue weighted by atomic mass is 79.9. The number of nitrogens with one attached hydrogen (secondary N) is 1. The first-order chi connectivity index (χ1) is 10.6. The predicted molar refractivity (Wildman–Crippen MR) is 92.6 cm³/mol. The summed E-state index contributed by atoms with van der Waals surface area (Å²) in [6.45, 7) is 4.16. The summed E-state index contributed by atoms with van der Waals surface area (Å²) in [6.07, 6.45) is 4.49. The third-order valence-corrected chi connectivity index (χ3v) is 5.07. The van der Waals surface area contributed by atoms with Crippen molar-refractivity contribution >= 4 is 50.1 Å². The molecule has 2 heterocycles. The minimum absolute atomic E-state index is 0.306. The van der Waals surface area contributed by atoms with Crippen molar-refractivity contribution in [2.45, 2.75) is 38.3 Å². The molecule has 0 saturated heterocycles. The Kier molecular flexibility index (Phi) is 6.71. The molecule has 0 bridgehead atoms. The summed E-state index contributed by atoms with van der Waals surface area (Å²) in [4.78, 5) is 20.8. The van der Waals surface area contributed by atoms with Crippen LogP contribution in [0.15, 0.2) is 15.8 Å². The van der Waals surface area contributed by atoms with E-state index in [1.807, 2.05) is 0 Å². The van der Waals surface area contributed by atoms with Crippen LogP contribution in [-0.2, 0) is 6.42 Å². The molecule has 0 atom stereocenters. The van der Waals surface area contributed by atoms with E-state index < -0.39 is 0 Å². The van der Waals surface area contributed by atoms with Crippen molar-refractivity contribution in [1.82, 2.24) is 20.2 Å². The van der Waals surface area contributed by atoms with Crippen LogP contribution in [0, 0.1) is 0 Å². The first-order valence-electron chi connectivity index (χ1n) is 6.93. The molecule has 0 aliphatic carbocycles. The molecule has 1 amide bonds. The second-order valence-electron chi connectivity index (χ2n) is 4.40. The van der Waals surface area contributed by atoms with Crippen LogP contribution in [0.3, 0.4) is 0 Å². The lowest BCUT2D eigenvalue weighted by atomic mass is 10.4. The molecule has 2 aromatic rings. The number of hydrogen-bond acceptors (Lipinski definition) is 7. The van der Waals surface area contributed by atoms with Crippen molar-refractivity contribution in [3.63, 3.8) is 0 Å². The predicted octanol–water partition coefficient (Wildman–Crippen LogP) is 3.80. The molecule has 0 spiro atoms. The zero-order valence-corrected chi connectivity index (χ0v) is 15.5. The number of amides is 1. The molecular formula is C13H16BrN5OS2. The molecule has 2 aromatic heterocycles. The number of nitrogens with zero attached hydrogens (tertiary/aromatic N) is 4. The summed E-state index contributed by atoms with van der Waals surface area (Å²) in [7, 11) is 0. The fraction of sp³-hybridized carbons (Fsp3) is 0.462. The second kappa shape index (κ2) is 8.54. The van der Waals surface area contributed by atoms with E-state index in [-0.39, 0.29) is 5.91 Å². The standard InChI is InChI=1S/C13H16BrN5OS2/c1-3-5-9-18-19-13(22-9)17-11(20)10-8(14)7-15-12(16-10)21-6-4-2/h7H,3-6H2,1-2H3,(H,17,19,20). The maximum Gasteiger partial charge on any atom is 0.277 e. The van der Waals surface area contributed by atoms with Gasteiger partial charge in [-0.05, 0) is 28.8 Å². The molecule has 22 heavy (non-hydrogen) atoms. The van der Waals surface area contributed by atoms with Crippen LogP contribution >= 0.6 is 39.0 Å². The Labute approximate surface area is 145 Å². The van der Waals surface area contributed by atoms with Crippen LogP contribution < -0.4 is 5.32 Å². The van der Waals surface area contributed by atoms with Crippen LogP contribution in [-0.4, -0.2) is 31.8 Å². The molecule has 9 heteroatoms. The lowest BCUT2D eigenvalue weighted by Gasteiger charge is -2.05. The lowest BCUT2D eigenvalue weighted by Crippen LogP contribution is -2.15. The molecule has 0 aromatic carbocycles. The summed E-state index contributed by atoms with van der Waals surface area (Å²) < 4.78 is 0.559. The monoisotopic (exact) mass is 401 g/mol. The van der Waals surface area contributed by atoms with Crippen LogP contribution in [0.4, 0.5) is 5.13 Å². The number of halogens is 1. The number of hydrogen-bond donors (Lipinski definition) is 1. The number of aromatic nitrogens is 4. The van der Waals surface area contributed by atoms with Gasteiger partial charge < -0.3 is 0 Å². The van der Waals surface area contributed by atoms with Gasteiger partial charge in [-0.25, -0.2) is 9.97 Å². The number of aryl methyl sites for hydroxylation is 1. The molecule has 0 saturated carbocycles. The molecule has 0 radical (unpaired) electrons. The van der Waals surface area contributed by atoms with E-state index in [1.165, 1.54) is 23.1 Å². The Morgan fingerprint density at radius 2 is 2.18 bits per heavy atom. The van der Waals surface area contributed by atoms with Gasteiger partial charge in [0.1, 0.15) is 10.7 Å². The molecule has 0 fully saturated rings. The average molecular weight is 402 g/mol. The summed E-state index contributed by atoms with van der Waals surface area (Å²) in [5.74, 6) is 0.603. The van der Waals surface area contributed by atoms with Gasteiger partial charge in [-0.3, -0.25) is 10.1 Å². The highest BCUT2D eigenvalue weighted by molar-refractivity contribution is 9.10. The summed E-state index contributed by atoms with van der Waals surface area (Å²) >= 11 is 6.23. The van der Waals surface area contributed by atoms with Gasteiger partial charge in [-0.15, -0.1) is 10.2 Å². The SMILES string of the molecule is CCCSc1ncc(Br)c(C(=O)Nc2nnc(CCC)s2)n1. The van der Waals surface area contributed by atoms with E-state index in [9.17, 15) is 4.79 Å². The Morgan fingerprint density at radius 3 is 2.91 bits per heavy atom. The van der Waals surface area contributed by atoms with E-state index in [2.05, 4.69) is 55.3 Å². The Morgan fingerprint density at radius 1 is 1.36 bits per heavy atom. The van der Waals surface area contributed by atoms with Gasteiger partial charge in [0.15, 0.2) is 5.16 Å². The quantitative estimate of drug-likeness (QED) is 0.561. The molecule has 2 rings (SSSR count). The van der Waals surface area contributed by atoms with E-state index >= 15 is 0 Å². The maximum absolute atomic E-state index is 12.3. The Bertz CT molecular complexity index is 649. The van der Waals surface area contributed by atoms with E-state index in [4.69, 9.17) is 0 Å². The largest absolute Gasteiger partial charge is 0.295 e. The molecule has 1 N–H and O–H groups in total. The van der Waals surface area contributed by atoms with Crippen molar-refractivity contribution in [2.24, 2.45) is 0 Å². The molecule has 6 nitrogen and oxygen atoms in total. The van der Waals surface area contributed by atoms with Crippen LogP contribution in [0.2, 0.25) is 0 Å². The smallest absolute Gasteiger partial charge is 0.277 e. The van der Waals surface area contributed by atoms with Crippen molar-refractivity contribution < 1.29 is 4.79 Å². The van der Waals surface area contributed by atoms with Crippen molar-refractivity contribution in [2.75, 3.05) is 11.1 Å². The van der Waals surface area contributed by atoms with Crippen LogP contribution in [0.25, 0.3) is 0 Å². The van der Waals surface area contributed by atoms with Gasteiger partial charge in [-0.2, -0.15) is 0 Å². The first kappa shape index (κ1) is 17.3. The summed E-state index contributed by atoms with van der Waals surface area (Å²) in [5.41, 5.74) is 0.306. The van der Waals surface area contributed by atoms with Crippen LogP contribution in [0.5, 0.6) is 0 Å². The number of rotatable bonds is 7. The fourth-order valence-electron chi connectivity index (χ4n) is 1.55. The minimum atomic E-state index is -0.313. The topological polar surface area (TPSA) is 80.7 Å². The highest BCUT2D eigenvalue weighted by Crippen LogP contribution is 2.22. The van der Waals surface area contributed by atoms with Crippen LogP contribution in [0.1, 0.15) is 42.2 Å². The van der Waals surface area contributed by atoms with Crippen molar-refractivity contribution in [3.8, 4) is 0 Å². The Hall–Kier alpha value is -1.06. The number of thioether (sulfide) groups is 1. The zero-order chi connectivity index (χ0) is 15.9. The normalized spacial score (nSPS) is 10.7. The zero-order valence-electron chi connectivity index (χ0n) is 12.3. The first-order valence-corrected chi connectivity index (χ1v) is 9.52. The molecule has 0 aliphatic rings. The average Bonchev–Trinajstić information content (AvgIpc) is 2.94. The molecular weight excluding hydrogens is 386 g/mol. The van der Waals surface area contributed by atoms with Gasteiger partial charge in [0.05, 0.1) is 4.47 Å². The van der Waals surface area contributed by atoms with E-state index in [1.54, 1.807) is 6.20 Å². The number of carbonyl (C=O) groups excluding carboxylic acids is 1. The maximum atomic E-state index is 12.3. The van der Waals surface area contributed by atoms with Gasteiger partial charge in [-0.1, -0.05) is 36.9 Å². The molecule has 0 aliphatic heterocycles. The Balaban J connectivity index is 2.10. The molecule has 0 unspecified atom stereocenters. The number of anilines is 1. The van der Waals surface area contributed by atoms with Crippen molar-refractivity contribution in [1.29, 1.82) is 0 Å². The minimum Gasteiger partial charge on any atom is -0.295 e. The van der Waals surface area contributed by atoms with Gasteiger partial charge in [0.25, 0.3) is 5.91 Å². The third kappa shape index (κ3) is 4.72. The van der Waals surface area contributed by atoms with Gasteiger partial charge in [0.2, 0.25) is 5.13 Å². The third-order valence-electron chi connectivity index (χ3n) is 2.52. The lowest BCUT2D eigenvalue weighted by molar-refractivity contribution is 0.102. The second-order valence-corrected chi connectivity index (χ2v) is 7.38. The van der Waals surface area contributed by atoms with Gasteiger partial charge >= 0.3 is 0 Å². The van der Waals surface area contributed by atoms with E-state index in [0.717, 1.165) is 30.0 Å². The summed E-state index contributed by atoms with van der Waals surface area (Å²) in [5, 5.41) is 12.8. The summed E-state index contributed by atoms with van der Waals surface area (Å²) in [6, 6.07) is 0. The highest BCUT2D eigenvalue weighted by Gasteiger charge is 2.16. The van der Waals surface area contributed by atoms with Gasteiger partial charge in [0, 0.05) is 18.4 Å². The fourth-order valence-corrected chi connectivity index (χ4v) is 3.43.